The summed E-state index contributed by atoms with van der Waals surface area (Å²) in [4.78, 5) is 25.2. The van der Waals surface area contributed by atoms with Crippen molar-refractivity contribution in [2.24, 2.45) is 0 Å². The van der Waals surface area contributed by atoms with Gasteiger partial charge in [-0.15, -0.1) is 0 Å². The molecular weight excluding hydrogens is 260 g/mol. The van der Waals surface area contributed by atoms with Crippen LogP contribution >= 0.6 is 0 Å². The number of esters is 1. The van der Waals surface area contributed by atoms with Crippen molar-refractivity contribution in [3.63, 3.8) is 0 Å². The van der Waals surface area contributed by atoms with Gasteiger partial charge >= 0.3 is 12.1 Å². The Bertz CT molecular complexity index is 352. The van der Waals surface area contributed by atoms with Crippen molar-refractivity contribution in [2.45, 2.75) is 58.2 Å². The highest BCUT2D eigenvalue weighted by Crippen LogP contribution is 2.20. The molecule has 0 aromatic rings. The maximum absolute atomic E-state index is 12.1. The number of carbonyl (C=O) groups excluding carboxylic acids is 2. The monoisotopic (exact) mass is 286 g/mol. The van der Waals surface area contributed by atoms with Crippen molar-refractivity contribution in [2.75, 3.05) is 20.2 Å². The SMILES string of the molecule is COC(=O)[C@H](C)NCC1CCCN1C(=O)OC(C)(C)C. The van der Waals surface area contributed by atoms with E-state index in [9.17, 15) is 9.59 Å². The normalized spacial score (nSPS) is 20.6. The van der Waals surface area contributed by atoms with Gasteiger partial charge in [0.05, 0.1) is 7.11 Å². The fraction of sp³-hybridized carbons (Fsp3) is 0.857. The summed E-state index contributed by atoms with van der Waals surface area (Å²) in [5.41, 5.74) is -0.489. The number of methoxy groups -OCH3 is 1. The van der Waals surface area contributed by atoms with E-state index in [0.717, 1.165) is 12.8 Å². The molecule has 0 spiro atoms. The predicted molar refractivity (Wildman–Crippen MR) is 75.4 cm³/mol. The Kier molecular flexibility index (Phi) is 5.80. The Morgan fingerprint density at radius 3 is 2.60 bits per heavy atom. The molecule has 1 rings (SSSR count). The van der Waals surface area contributed by atoms with Crippen LogP contribution in [0, 0.1) is 0 Å². The minimum atomic E-state index is -0.489. The van der Waals surface area contributed by atoms with Crippen molar-refractivity contribution in [3.8, 4) is 0 Å². The van der Waals surface area contributed by atoms with Crippen LogP contribution in [0.1, 0.15) is 40.5 Å². The summed E-state index contributed by atoms with van der Waals surface area (Å²) in [5, 5.41) is 3.10. The number of nitrogens with one attached hydrogen (secondary N) is 1. The number of rotatable bonds is 4. The molecule has 20 heavy (non-hydrogen) atoms. The fourth-order valence-corrected chi connectivity index (χ4v) is 2.18. The van der Waals surface area contributed by atoms with Crippen molar-refractivity contribution < 1.29 is 19.1 Å². The quantitative estimate of drug-likeness (QED) is 0.794. The lowest BCUT2D eigenvalue weighted by atomic mass is 10.2. The van der Waals surface area contributed by atoms with E-state index in [1.54, 1.807) is 11.8 Å². The second-order valence-corrected chi connectivity index (χ2v) is 6.12. The lowest BCUT2D eigenvalue weighted by Gasteiger charge is -2.29. The van der Waals surface area contributed by atoms with Gasteiger partial charge in [0.15, 0.2) is 0 Å². The first kappa shape index (κ1) is 16.8. The van der Waals surface area contributed by atoms with E-state index in [-0.39, 0.29) is 24.1 Å². The molecule has 0 aromatic carbocycles. The molecule has 6 heteroatoms. The molecule has 1 fully saturated rings. The van der Waals surface area contributed by atoms with Crippen LogP contribution in [0.25, 0.3) is 0 Å². The minimum absolute atomic E-state index is 0.0666. The lowest BCUT2D eigenvalue weighted by Crippen LogP contribution is -2.47. The van der Waals surface area contributed by atoms with Gasteiger partial charge in [0.1, 0.15) is 11.6 Å². The second kappa shape index (κ2) is 6.92. The van der Waals surface area contributed by atoms with E-state index < -0.39 is 5.60 Å². The third-order valence-electron chi connectivity index (χ3n) is 3.22. The van der Waals surface area contributed by atoms with E-state index >= 15 is 0 Å². The van der Waals surface area contributed by atoms with Crippen LogP contribution in [0.5, 0.6) is 0 Å². The van der Waals surface area contributed by atoms with E-state index in [4.69, 9.17) is 4.74 Å². The molecule has 1 heterocycles. The number of amides is 1. The molecule has 0 saturated carbocycles. The Labute approximate surface area is 120 Å². The summed E-state index contributed by atoms with van der Waals surface area (Å²) in [6.45, 7) is 8.58. The van der Waals surface area contributed by atoms with Gasteiger partial charge in [0.2, 0.25) is 0 Å². The fourth-order valence-electron chi connectivity index (χ4n) is 2.18. The Morgan fingerprint density at radius 1 is 1.40 bits per heavy atom. The van der Waals surface area contributed by atoms with Gasteiger partial charge in [-0.1, -0.05) is 0 Å². The van der Waals surface area contributed by atoms with Crippen molar-refractivity contribution in [1.82, 2.24) is 10.2 Å². The highest BCUT2D eigenvalue weighted by atomic mass is 16.6. The van der Waals surface area contributed by atoms with Crippen LogP contribution in [-0.4, -0.2) is 54.8 Å². The zero-order valence-corrected chi connectivity index (χ0v) is 13.1. The average Bonchev–Trinajstić information content (AvgIpc) is 2.81. The first-order valence-electron chi connectivity index (χ1n) is 7.05. The molecule has 116 valence electrons. The number of hydrogen-bond donors (Lipinski definition) is 1. The lowest BCUT2D eigenvalue weighted by molar-refractivity contribution is -0.142. The summed E-state index contributed by atoms with van der Waals surface area (Å²) in [5.74, 6) is -0.299. The first-order valence-corrected chi connectivity index (χ1v) is 7.05. The topological polar surface area (TPSA) is 67.9 Å². The van der Waals surface area contributed by atoms with Crippen molar-refractivity contribution in [1.29, 1.82) is 0 Å². The van der Waals surface area contributed by atoms with E-state index in [1.807, 2.05) is 20.8 Å². The van der Waals surface area contributed by atoms with Crippen LogP contribution in [0.4, 0.5) is 4.79 Å². The Balaban J connectivity index is 2.49. The standard InChI is InChI=1S/C14H26N2O4/c1-10(12(17)19-5)15-9-11-7-6-8-16(11)13(18)20-14(2,3)4/h10-11,15H,6-9H2,1-5H3/t10-,11?/m0/s1. The predicted octanol–water partition coefficient (Wildman–Crippen LogP) is 1.54. The Hall–Kier alpha value is -1.30. The molecule has 1 N–H and O–H groups in total. The zero-order valence-electron chi connectivity index (χ0n) is 13.1. The Morgan fingerprint density at radius 2 is 2.05 bits per heavy atom. The number of carbonyl (C=O) groups is 2. The molecule has 6 nitrogen and oxygen atoms in total. The molecule has 0 aliphatic carbocycles. The van der Waals surface area contributed by atoms with Gasteiger partial charge in [-0.25, -0.2) is 4.79 Å². The summed E-state index contributed by atoms with van der Waals surface area (Å²) < 4.78 is 10.1. The summed E-state index contributed by atoms with van der Waals surface area (Å²) in [6, 6.07) is -0.307. The molecule has 1 aliphatic rings. The minimum Gasteiger partial charge on any atom is -0.468 e. The number of nitrogens with zero attached hydrogens (tertiary/aromatic N) is 1. The van der Waals surface area contributed by atoms with Crippen LogP contribution in [0.15, 0.2) is 0 Å². The summed E-state index contributed by atoms with van der Waals surface area (Å²) >= 11 is 0. The van der Waals surface area contributed by atoms with Gasteiger partial charge in [0, 0.05) is 19.1 Å². The molecular formula is C14H26N2O4. The second-order valence-electron chi connectivity index (χ2n) is 6.12. The van der Waals surface area contributed by atoms with Crippen LogP contribution < -0.4 is 5.32 Å². The van der Waals surface area contributed by atoms with E-state index in [1.165, 1.54) is 7.11 Å². The molecule has 2 atom stereocenters. The number of hydrogen-bond acceptors (Lipinski definition) is 5. The molecule has 1 unspecified atom stereocenters. The third-order valence-corrected chi connectivity index (χ3v) is 3.22. The molecule has 0 aromatic heterocycles. The van der Waals surface area contributed by atoms with Gasteiger partial charge < -0.3 is 19.7 Å². The van der Waals surface area contributed by atoms with E-state index in [0.29, 0.717) is 13.1 Å². The average molecular weight is 286 g/mol. The highest BCUT2D eigenvalue weighted by molar-refractivity contribution is 5.75. The molecule has 1 saturated heterocycles. The largest absolute Gasteiger partial charge is 0.468 e. The summed E-state index contributed by atoms with van der Waals surface area (Å²) in [7, 11) is 1.36. The van der Waals surface area contributed by atoms with Crippen LogP contribution in [0.2, 0.25) is 0 Å². The van der Waals surface area contributed by atoms with Crippen molar-refractivity contribution >= 4 is 12.1 Å². The van der Waals surface area contributed by atoms with Gasteiger partial charge in [0.25, 0.3) is 0 Å². The molecule has 0 radical (unpaired) electrons. The third kappa shape index (κ3) is 5.00. The van der Waals surface area contributed by atoms with Crippen LogP contribution in [0.3, 0.4) is 0 Å². The van der Waals surface area contributed by atoms with Gasteiger partial charge in [-0.3, -0.25) is 4.79 Å². The maximum Gasteiger partial charge on any atom is 0.410 e. The maximum atomic E-state index is 12.1. The van der Waals surface area contributed by atoms with Gasteiger partial charge in [-0.2, -0.15) is 0 Å². The summed E-state index contributed by atoms with van der Waals surface area (Å²) in [6.07, 6.45) is 1.59. The first-order chi connectivity index (χ1) is 9.24. The van der Waals surface area contributed by atoms with Crippen LogP contribution in [-0.2, 0) is 14.3 Å². The van der Waals surface area contributed by atoms with E-state index in [2.05, 4.69) is 10.1 Å². The smallest absolute Gasteiger partial charge is 0.410 e. The van der Waals surface area contributed by atoms with Gasteiger partial charge in [-0.05, 0) is 40.5 Å². The molecule has 0 bridgehead atoms. The highest BCUT2D eigenvalue weighted by Gasteiger charge is 2.32. The number of ether oxygens (including phenoxy) is 2. The molecule has 1 amide bonds. The number of likely N-dealkylation sites (tertiary alicyclic amines) is 1. The van der Waals surface area contributed by atoms with Crippen molar-refractivity contribution in [3.05, 3.63) is 0 Å². The zero-order chi connectivity index (χ0) is 15.3. The molecule has 1 aliphatic heterocycles.